The standard InChI is InChI=1S/C12H16N4O5/c1-21-12-10(16(19)20)11(13-7-14-12)15-4-2-8(3-5-15)6-9(17)18/h7-8H,2-6H2,1H3,(H,17,18). The van der Waals surface area contributed by atoms with E-state index in [9.17, 15) is 14.9 Å². The highest BCUT2D eigenvalue weighted by Gasteiger charge is 2.30. The number of hydrogen-bond acceptors (Lipinski definition) is 7. The maximum Gasteiger partial charge on any atom is 0.372 e. The SMILES string of the molecule is COc1ncnc(N2CCC(CC(=O)O)CC2)c1[N+](=O)[O-]. The van der Waals surface area contributed by atoms with Crippen LogP contribution in [-0.4, -0.2) is 46.2 Å². The number of ether oxygens (including phenoxy) is 1. The van der Waals surface area contributed by atoms with Crippen LogP contribution < -0.4 is 9.64 Å². The van der Waals surface area contributed by atoms with Gasteiger partial charge in [-0.3, -0.25) is 14.9 Å². The van der Waals surface area contributed by atoms with Gasteiger partial charge >= 0.3 is 11.7 Å². The molecule has 1 aliphatic rings. The van der Waals surface area contributed by atoms with Crippen molar-refractivity contribution in [3.63, 3.8) is 0 Å². The number of aliphatic carboxylic acids is 1. The van der Waals surface area contributed by atoms with E-state index in [-0.39, 0.29) is 29.7 Å². The van der Waals surface area contributed by atoms with Crippen LogP contribution in [0.25, 0.3) is 0 Å². The summed E-state index contributed by atoms with van der Waals surface area (Å²) in [6, 6.07) is 0. The fraction of sp³-hybridized carbons (Fsp3) is 0.583. The van der Waals surface area contributed by atoms with Gasteiger partial charge in [0.1, 0.15) is 6.33 Å². The lowest BCUT2D eigenvalue weighted by Gasteiger charge is -2.31. The van der Waals surface area contributed by atoms with Crippen molar-refractivity contribution in [2.24, 2.45) is 5.92 Å². The Morgan fingerprint density at radius 3 is 2.71 bits per heavy atom. The highest BCUT2D eigenvalue weighted by atomic mass is 16.6. The maximum atomic E-state index is 11.2. The molecule has 0 bridgehead atoms. The van der Waals surface area contributed by atoms with E-state index in [0.29, 0.717) is 25.9 Å². The van der Waals surface area contributed by atoms with Crippen molar-refractivity contribution >= 4 is 17.5 Å². The van der Waals surface area contributed by atoms with Gasteiger partial charge in [-0.1, -0.05) is 0 Å². The molecule has 1 aromatic heterocycles. The molecular weight excluding hydrogens is 280 g/mol. The first-order valence-corrected chi connectivity index (χ1v) is 6.53. The van der Waals surface area contributed by atoms with Gasteiger partial charge in [0, 0.05) is 19.5 Å². The summed E-state index contributed by atoms with van der Waals surface area (Å²) >= 11 is 0. The van der Waals surface area contributed by atoms with E-state index >= 15 is 0 Å². The predicted octanol–water partition coefficient (Wildman–Crippen LogP) is 1.08. The minimum Gasteiger partial charge on any atom is -0.481 e. The third-order valence-corrected chi connectivity index (χ3v) is 3.52. The zero-order chi connectivity index (χ0) is 15.4. The Labute approximate surface area is 120 Å². The van der Waals surface area contributed by atoms with Crippen molar-refractivity contribution in [1.82, 2.24) is 9.97 Å². The molecule has 1 fully saturated rings. The number of nitro groups is 1. The van der Waals surface area contributed by atoms with E-state index in [1.807, 2.05) is 0 Å². The number of carboxylic acids is 1. The maximum absolute atomic E-state index is 11.2. The Kier molecular flexibility index (Phi) is 4.51. The summed E-state index contributed by atoms with van der Waals surface area (Å²) in [5.74, 6) is -0.567. The molecule has 0 aliphatic carbocycles. The van der Waals surface area contributed by atoms with E-state index in [0.717, 1.165) is 0 Å². The van der Waals surface area contributed by atoms with Crippen LogP contribution in [0.15, 0.2) is 6.33 Å². The summed E-state index contributed by atoms with van der Waals surface area (Å²) in [7, 11) is 1.32. The molecule has 9 nitrogen and oxygen atoms in total. The molecule has 114 valence electrons. The van der Waals surface area contributed by atoms with Gasteiger partial charge < -0.3 is 14.7 Å². The Morgan fingerprint density at radius 2 is 2.19 bits per heavy atom. The average molecular weight is 296 g/mol. The topological polar surface area (TPSA) is 119 Å². The molecule has 0 spiro atoms. The normalized spacial score (nSPS) is 15.8. The van der Waals surface area contributed by atoms with Gasteiger partial charge in [-0.05, 0) is 18.8 Å². The molecule has 0 saturated carbocycles. The van der Waals surface area contributed by atoms with Crippen molar-refractivity contribution in [2.45, 2.75) is 19.3 Å². The largest absolute Gasteiger partial charge is 0.481 e. The van der Waals surface area contributed by atoms with Gasteiger partial charge in [0.25, 0.3) is 5.88 Å². The van der Waals surface area contributed by atoms with Crippen LogP contribution in [-0.2, 0) is 4.79 Å². The first-order valence-electron chi connectivity index (χ1n) is 6.53. The summed E-state index contributed by atoms with van der Waals surface area (Å²) in [6.07, 6.45) is 2.68. The molecule has 1 saturated heterocycles. The van der Waals surface area contributed by atoms with Crippen molar-refractivity contribution in [3.05, 3.63) is 16.4 Å². The van der Waals surface area contributed by atoms with Crippen LogP contribution >= 0.6 is 0 Å². The molecule has 0 unspecified atom stereocenters. The Morgan fingerprint density at radius 1 is 1.52 bits per heavy atom. The van der Waals surface area contributed by atoms with E-state index in [1.54, 1.807) is 4.90 Å². The van der Waals surface area contributed by atoms with Crippen LogP contribution in [0.1, 0.15) is 19.3 Å². The summed E-state index contributed by atoms with van der Waals surface area (Å²) in [5, 5.41) is 20.0. The van der Waals surface area contributed by atoms with E-state index < -0.39 is 10.9 Å². The third kappa shape index (κ3) is 3.36. The fourth-order valence-corrected chi connectivity index (χ4v) is 2.49. The summed E-state index contributed by atoms with van der Waals surface area (Å²) in [6.45, 7) is 1.05. The molecule has 0 aromatic carbocycles. The van der Waals surface area contributed by atoms with Crippen LogP contribution in [0.2, 0.25) is 0 Å². The van der Waals surface area contributed by atoms with Gasteiger partial charge in [0.15, 0.2) is 0 Å². The fourth-order valence-electron chi connectivity index (χ4n) is 2.49. The number of aromatic nitrogens is 2. The van der Waals surface area contributed by atoms with E-state index in [2.05, 4.69) is 9.97 Å². The molecule has 1 aromatic rings. The molecule has 1 N–H and O–H groups in total. The molecule has 2 heterocycles. The number of nitrogens with zero attached hydrogens (tertiary/aromatic N) is 4. The van der Waals surface area contributed by atoms with Crippen molar-refractivity contribution in [1.29, 1.82) is 0 Å². The molecular formula is C12H16N4O5. The minimum atomic E-state index is -0.817. The number of piperidine rings is 1. The smallest absolute Gasteiger partial charge is 0.372 e. The van der Waals surface area contributed by atoms with Gasteiger partial charge in [0.2, 0.25) is 5.82 Å². The minimum absolute atomic E-state index is 0.0716. The third-order valence-electron chi connectivity index (χ3n) is 3.52. The van der Waals surface area contributed by atoms with Crippen LogP contribution in [0.5, 0.6) is 5.88 Å². The first-order chi connectivity index (χ1) is 10.0. The van der Waals surface area contributed by atoms with Crippen molar-refractivity contribution in [2.75, 3.05) is 25.1 Å². The number of methoxy groups -OCH3 is 1. The zero-order valence-corrected chi connectivity index (χ0v) is 11.6. The summed E-state index contributed by atoms with van der Waals surface area (Å²) in [5.41, 5.74) is -0.253. The Hall–Kier alpha value is -2.45. The lowest BCUT2D eigenvalue weighted by atomic mass is 9.93. The van der Waals surface area contributed by atoms with Crippen molar-refractivity contribution in [3.8, 4) is 5.88 Å². The lowest BCUT2D eigenvalue weighted by Crippen LogP contribution is -2.35. The quantitative estimate of drug-likeness (QED) is 0.633. The lowest BCUT2D eigenvalue weighted by molar-refractivity contribution is -0.385. The van der Waals surface area contributed by atoms with Gasteiger partial charge in [-0.15, -0.1) is 0 Å². The summed E-state index contributed by atoms with van der Waals surface area (Å²) < 4.78 is 4.91. The highest BCUT2D eigenvalue weighted by molar-refractivity contribution is 5.67. The first kappa shape index (κ1) is 14.9. The van der Waals surface area contributed by atoms with Crippen molar-refractivity contribution < 1.29 is 19.6 Å². The van der Waals surface area contributed by atoms with Crippen LogP contribution in [0.3, 0.4) is 0 Å². The molecule has 0 radical (unpaired) electrons. The van der Waals surface area contributed by atoms with Gasteiger partial charge in [-0.25, -0.2) is 4.98 Å². The highest BCUT2D eigenvalue weighted by Crippen LogP contribution is 2.35. The van der Waals surface area contributed by atoms with E-state index in [4.69, 9.17) is 9.84 Å². The number of anilines is 1. The number of hydrogen-bond donors (Lipinski definition) is 1. The summed E-state index contributed by atoms with van der Waals surface area (Å²) in [4.78, 5) is 30.9. The average Bonchev–Trinajstić information content (AvgIpc) is 2.46. The number of carbonyl (C=O) groups is 1. The second kappa shape index (κ2) is 6.33. The Balaban J connectivity index is 2.17. The monoisotopic (exact) mass is 296 g/mol. The second-order valence-corrected chi connectivity index (χ2v) is 4.84. The van der Waals surface area contributed by atoms with Gasteiger partial charge in [-0.2, -0.15) is 4.98 Å². The Bertz CT molecular complexity index is 542. The zero-order valence-electron chi connectivity index (χ0n) is 11.6. The second-order valence-electron chi connectivity index (χ2n) is 4.84. The van der Waals surface area contributed by atoms with Crippen LogP contribution in [0, 0.1) is 16.0 Å². The molecule has 9 heteroatoms. The molecule has 1 aliphatic heterocycles. The molecule has 0 amide bonds. The predicted molar refractivity (Wildman–Crippen MR) is 72.4 cm³/mol. The van der Waals surface area contributed by atoms with Crippen LogP contribution in [0.4, 0.5) is 11.5 Å². The number of carboxylic acid groups (broad SMARTS) is 1. The van der Waals surface area contributed by atoms with E-state index in [1.165, 1.54) is 13.4 Å². The molecule has 21 heavy (non-hydrogen) atoms. The van der Waals surface area contributed by atoms with Gasteiger partial charge in [0.05, 0.1) is 12.0 Å². The molecule has 0 atom stereocenters. The molecule has 2 rings (SSSR count). The number of rotatable bonds is 5.